The second-order valence-electron chi connectivity index (χ2n) is 4.52. The van der Waals surface area contributed by atoms with Gasteiger partial charge in [0.25, 0.3) is 0 Å². The third-order valence-corrected chi connectivity index (χ3v) is 3.63. The molecule has 0 spiro atoms. The molecule has 0 aliphatic carbocycles. The Kier molecular flexibility index (Phi) is 4.76. The van der Waals surface area contributed by atoms with Gasteiger partial charge in [-0.25, -0.2) is 4.98 Å². The highest BCUT2D eigenvalue weighted by Gasteiger charge is 2.04. The number of methoxy groups -OCH3 is 1. The average molecular weight is 277 g/mol. The van der Waals surface area contributed by atoms with Crippen LogP contribution in [0, 0.1) is 0 Å². The number of thiazole rings is 1. The molecule has 2 N–H and O–H groups in total. The number of anilines is 1. The molecule has 2 rings (SSSR count). The fourth-order valence-corrected chi connectivity index (χ4v) is 2.50. The van der Waals surface area contributed by atoms with Crippen molar-refractivity contribution in [1.82, 2.24) is 9.88 Å². The van der Waals surface area contributed by atoms with Crippen LogP contribution >= 0.6 is 11.3 Å². The predicted molar refractivity (Wildman–Crippen MR) is 79.6 cm³/mol. The van der Waals surface area contributed by atoms with Crippen LogP contribution in [-0.2, 0) is 13.0 Å². The van der Waals surface area contributed by atoms with E-state index in [1.165, 1.54) is 16.9 Å². The van der Waals surface area contributed by atoms with Crippen LogP contribution in [0.3, 0.4) is 0 Å². The van der Waals surface area contributed by atoms with Gasteiger partial charge < -0.3 is 15.4 Å². The molecule has 0 bridgehead atoms. The zero-order valence-electron chi connectivity index (χ0n) is 11.3. The highest BCUT2D eigenvalue weighted by Crippen LogP contribution is 2.15. The Labute approximate surface area is 117 Å². The van der Waals surface area contributed by atoms with Gasteiger partial charge >= 0.3 is 0 Å². The zero-order chi connectivity index (χ0) is 13.7. The molecule has 4 nitrogen and oxygen atoms in total. The first-order valence-electron chi connectivity index (χ1n) is 6.18. The maximum atomic E-state index is 5.62. The Balaban J connectivity index is 1.84. The minimum atomic E-state index is 0.644. The summed E-state index contributed by atoms with van der Waals surface area (Å²) in [5, 5.41) is 2.67. The lowest BCUT2D eigenvalue weighted by molar-refractivity contribution is 0.329. The van der Waals surface area contributed by atoms with E-state index in [9.17, 15) is 0 Å². The van der Waals surface area contributed by atoms with Crippen LogP contribution in [0.25, 0.3) is 0 Å². The maximum Gasteiger partial charge on any atom is 0.180 e. The summed E-state index contributed by atoms with van der Waals surface area (Å²) in [5.41, 5.74) is 7.94. The van der Waals surface area contributed by atoms with E-state index < -0.39 is 0 Å². The monoisotopic (exact) mass is 277 g/mol. The summed E-state index contributed by atoms with van der Waals surface area (Å²) in [6.45, 7) is 1.86. The third-order valence-electron chi connectivity index (χ3n) is 2.91. The Morgan fingerprint density at radius 2 is 2.26 bits per heavy atom. The Bertz CT molecular complexity index is 527. The molecule has 0 saturated carbocycles. The van der Waals surface area contributed by atoms with E-state index in [2.05, 4.69) is 29.1 Å². The molecule has 0 aliphatic rings. The molecule has 0 saturated heterocycles. The summed E-state index contributed by atoms with van der Waals surface area (Å²) < 4.78 is 5.23. The van der Waals surface area contributed by atoms with E-state index in [1.807, 2.05) is 17.5 Å². The fraction of sp³-hybridized carbons (Fsp3) is 0.357. The van der Waals surface area contributed by atoms with Gasteiger partial charge in [0.05, 0.1) is 12.8 Å². The van der Waals surface area contributed by atoms with E-state index in [1.54, 1.807) is 7.11 Å². The summed E-state index contributed by atoms with van der Waals surface area (Å²) in [6.07, 6.45) is 0.925. The van der Waals surface area contributed by atoms with E-state index in [0.717, 1.165) is 31.0 Å². The van der Waals surface area contributed by atoms with Crippen molar-refractivity contribution in [3.63, 3.8) is 0 Å². The number of nitrogens with two attached hydrogens (primary N) is 1. The van der Waals surface area contributed by atoms with Crippen LogP contribution in [0.15, 0.2) is 29.6 Å². The van der Waals surface area contributed by atoms with Crippen LogP contribution in [-0.4, -0.2) is 30.6 Å². The predicted octanol–water partition coefficient (Wildman–Crippen LogP) is 2.41. The zero-order valence-corrected chi connectivity index (χ0v) is 12.1. The number of hydrogen-bond donors (Lipinski definition) is 1. The van der Waals surface area contributed by atoms with Crippen molar-refractivity contribution in [3.05, 3.63) is 40.9 Å². The highest BCUT2D eigenvalue weighted by atomic mass is 32.1. The molecule has 0 atom stereocenters. The lowest BCUT2D eigenvalue weighted by atomic mass is 10.2. The summed E-state index contributed by atoms with van der Waals surface area (Å²) in [4.78, 5) is 6.53. The standard InChI is InChI=1S/C14H19N3OS/c1-17(7-6-12-10-19-14(15)16-12)9-11-4-3-5-13(8-11)18-2/h3-5,8,10H,6-7,9H2,1-2H3,(H2,15,16). The molecule has 1 aromatic carbocycles. The van der Waals surface area contributed by atoms with E-state index in [0.29, 0.717) is 5.13 Å². The van der Waals surface area contributed by atoms with Gasteiger partial charge in [0.2, 0.25) is 0 Å². The summed E-state index contributed by atoms with van der Waals surface area (Å²) in [5.74, 6) is 0.901. The van der Waals surface area contributed by atoms with Crippen molar-refractivity contribution >= 4 is 16.5 Å². The highest BCUT2D eigenvalue weighted by molar-refractivity contribution is 7.13. The average Bonchev–Trinajstić information content (AvgIpc) is 2.82. The van der Waals surface area contributed by atoms with E-state index in [-0.39, 0.29) is 0 Å². The molecule has 2 aromatic rings. The first-order valence-corrected chi connectivity index (χ1v) is 7.06. The number of nitrogens with zero attached hydrogens (tertiary/aromatic N) is 2. The van der Waals surface area contributed by atoms with Crippen LogP contribution < -0.4 is 10.5 Å². The Morgan fingerprint density at radius 3 is 2.95 bits per heavy atom. The Morgan fingerprint density at radius 1 is 1.42 bits per heavy atom. The van der Waals surface area contributed by atoms with Crippen molar-refractivity contribution in [3.8, 4) is 5.75 Å². The van der Waals surface area contributed by atoms with Crippen molar-refractivity contribution < 1.29 is 4.74 Å². The fourth-order valence-electron chi connectivity index (χ4n) is 1.90. The third kappa shape index (κ3) is 4.22. The molecule has 0 radical (unpaired) electrons. The number of rotatable bonds is 6. The van der Waals surface area contributed by atoms with Crippen molar-refractivity contribution in [1.29, 1.82) is 0 Å². The second-order valence-corrected chi connectivity index (χ2v) is 5.41. The number of ether oxygens (including phenoxy) is 1. The molecular formula is C14H19N3OS. The van der Waals surface area contributed by atoms with E-state index in [4.69, 9.17) is 10.5 Å². The summed E-state index contributed by atoms with van der Waals surface area (Å²) >= 11 is 1.50. The minimum Gasteiger partial charge on any atom is -0.497 e. The summed E-state index contributed by atoms with van der Waals surface area (Å²) in [7, 11) is 3.80. The van der Waals surface area contributed by atoms with Gasteiger partial charge in [-0.3, -0.25) is 0 Å². The van der Waals surface area contributed by atoms with Crippen LogP contribution in [0.5, 0.6) is 5.75 Å². The Hall–Kier alpha value is -1.59. The SMILES string of the molecule is COc1cccc(CN(C)CCc2csc(N)n2)c1. The normalized spacial score (nSPS) is 10.9. The molecule has 19 heavy (non-hydrogen) atoms. The molecule has 1 aromatic heterocycles. The van der Waals surface area contributed by atoms with E-state index >= 15 is 0 Å². The smallest absolute Gasteiger partial charge is 0.180 e. The topological polar surface area (TPSA) is 51.4 Å². The van der Waals surface area contributed by atoms with Gasteiger partial charge in [0.1, 0.15) is 5.75 Å². The van der Waals surface area contributed by atoms with Gasteiger partial charge in [-0.05, 0) is 24.7 Å². The van der Waals surface area contributed by atoms with Gasteiger partial charge in [-0.2, -0.15) is 0 Å². The largest absolute Gasteiger partial charge is 0.497 e. The van der Waals surface area contributed by atoms with Crippen LogP contribution in [0.4, 0.5) is 5.13 Å². The molecule has 0 fully saturated rings. The quantitative estimate of drug-likeness (QED) is 0.881. The first-order chi connectivity index (χ1) is 9.17. The van der Waals surface area contributed by atoms with Crippen LogP contribution in [0.2, 0.25) is 0 Å². The number of hydrogen-bond acceptors (Lipinski definition) is 5. The molecule has 5 heteroatoms. The number of likely N-dealkylation sites (N-methyl/N-ethyl adjacent to an activating group) is 1. The van der Waals surface area contributed by atoms with Crippen LogP contribution in [0.1, 0.15) is 11.3 Å². The molecule has 0 aliphatic heterocycles. The van der Waals surface area contributed by atoms with Crippen molar-refractivity contribution in [2.45, 2.75) is 13.0 Å². The molecule has 0 unspecified atom stereocenters. The molecule has 102 valence electrons. The number of benzene rings is 1. The lowest BCUT2D eigenvalue weighted by Gasteiger charge is -2.16. The summed E-state index contributed by atoms with van der Waals surface area (Å²) in [6, 6.07) is 8.15. The molecule has 1 heterocycles. The molecule has 0 amide bonds. The minimum absolute atomic E-state index is 0.644. The van der Waals surface area contributed by atoms with Gasteiger partial charge in [0, 0.05) is 24.9 Å². The first kappa shape index (κ1) is 13.8. The van der Waals surface area contributed by atoms with Gasteiger partial charge in [-0.1, -0.05) is 12.1 Å². The molecular weight excluding hydrogens is 258 g/mol. The second kappa shape index (κ2) is 6.54. The van der Waals surface area contributed by atoms with Crippen molar-refractivity contribution in [2.75, 3.05) is 26.4 Å². The number of aromatic nitrogens is 1. The van der Waals surface area contributed by atoms with Gasteiger partial charge in [0.15, 0.2) is 5.13 Å². The van der Waals surface area contributed by atoms with Crippen molar-refractivity contribution in [2.24, 2.45) is 0 Å². The number of nitrogen functional groups attached to an aromatic ring is 1. The van der Waals surface area contributed by atoms with Gasteiger partial charge in [-0.15, -0.1) is 11.3 Å². The lowest BCUT2D eigenvalue weighted by Crippen LogP contribution is -2.20. The maximum absolute atomic E-state index is 5.62.